The van der Waals surface area contributed by atoms with Crippen LogP contribution >= 0.6 is 23.1 Å². The molecule has 0 bridgehead atoms. The molecule has 0 aliphatic heterocycles. The predicted molar refractivity (Wildman–Crippen MR) is 110 cm³/mol. The zero-order valence-corrected chi connectivity index (χ0v) is 17.0. The summed E-state index contributed by atoms with van der Waals surface area (Å²) in [6, 6.07) is 12.3. The molecule has 7 heteroatoms. The molecule has 0 unspecified atom stereocenters. The fourth-order valence-corrected chi connectivity index (χ4v) is 4.40. The standard InChI is InChI=1S/C20H22N2O3S2/c1-3-25-20(24)18-14(2)16(12-21)19(27-18)22-17(23)10-7-11-26-13-15-8-5-4-6-9-15/h4-6,8-9H,3,7,10-11,13H2,1-2H3,(H,22,23). The highest BCUT2D eigenvalue weighted by molar-refractivity contribution is 7.98. The van der Waals surface area contributed by atoms with Crippen molar-refractivity contribution in [3.05, 3.63) is 51.9 Å². The van der Waals surface area contributed by atoms with Crippen molar-refractivity contribution >= 4 is 40.0 Å². The number of anilines is 1. The first-order chi connectivity index (χ1) is 13.1. The van der Waals surface area contributed by atoms with Crippen LogP contribution < -0.4 is 5.32 Å². The van der Waals surface area contributed by atoms with Gasteiger partial charge in [-0.05, 0) is 37.1 Å². The van der Waals surface area contributed by atoms with Gasteiger partial charge in [-0.15, -0.1) is 11.3 Å². The van der Waals surface area contributed by atoms with Gasteiger partial charge in [0.2, 0.25) is 5.91 Å². The lowest BCUT2D eigenvalue weighted by molar-refractivity contribution is -0.116. The molecule has 5 nitrogen and oxygen atoms in total. The van der Waals surface area contributed by atoms with E-state index in [1.54, 1.807) is 25.6 Å². The second-order valence-corrected chi connectivity index (χ2v) is 7.91. The van der Waals surface area contributed by atoms with Gasteiger partial charge in [0.15, 0.2) is 0 Å². The predicted octanol–water partition coefficient (Wildman–Crippen LogP) is 4.76. The highest BCUT2D eigenvalue weighted by atomic mass is 32.2. The van der Waals surface area contributed by atoms with Crippen molar-refractivity contribution in [1.82, 2.24) is 0 Å². The number of hydrogen-bond donors (Lipinski definition) is 1. The minimum atomic E-state index is -0.464. The molecule has 0 aliphatic carbocycles. The SMILES string of the molecule is CCOC(=O)c1sc(NC(=O)CCCSCc2ccccc2)c(C#N)c1C. The summed E-state index contributed by atoms with van der Waals surface area (Å²) >= 11 is 2.88. The molecule has 0 aliphatic rings. The van der Waals surface area contributed by atoms with E-state index < -0.39 is 5.97 Å². The van der Waals surface area contributed by atoms with Crippen LogP contribution in [0.1, 0.15) is 46.1 Å². The third-order valence-electron chi connectivity index (χ3n) is 3.78. The molecule has 1 heterocycles. The van der Waals surface area contributed by atoms with Gasteiger partial charge < -0.3 is 10.1 Å². The molecular weight excluding hydrogens is 380 g/mol. The second-order valence-electron chi connectivity index (χ2n) is 5.78. The molecule has 1 aromatic heterocycles. The van der Waals surface area contributed by atoms with Gasteiger partial charge in [0.25, 0.3) is 0 Å². The molecule has 0 saturated heterocycles. The number of rotatable bonds is 9. The Morgan fingerprint density at radius 3 is 2.70 bits per heavy atom. The van der Waals surface area contributed by atoms with Gasteiger partial charge in [0.05, 0.1) is 12.2 Å². The highest BCUT2D eigenvalue weighted by Gasteiger charge is 2.22. The van der Waals surface area contributed by atoms with E-state index in [0.29, 0.717) is 27.4 Å². The minimum absolute atomic E-state index is 0.150. The van der Waals surface area contributed by atoms with Crippen molar-refractivity contribution in [3.8, 4) is 6.07 Å². The summed E-state index contributed by atoms with van der Waals surface area (Å²) < 4.78 is 5.00. The third kappa shape index (κ3) is 6.12. The van der Waals surface area contributed by atoms with Gasteiger partial charge in [-0.2, -0.15) is 17.0 Å². The van der Waals surface area contributed by atoms with Crippen molar-refractivity contribution in [3.63, 3.8) is 0 Å². The number of amides is 1. The first kappa shape index (κ1) is 21.0. The number of thiophene rings is 1. The number of nitrogens with zero attached hydrogens (tertiary/aromatic N) is 1. The molecule has 0 spiro atoms. The van der Waals surface area contributed by atoms with Gasteiger partial charge in [-0.25, -0.2) is 4.79 Å². The maximum Gasteiger partial charge on any atom is 0.348 e. The average molecular weight is 403 g/mol. The normalized spacial score (nSPS) is 10.3. The molecule has 2 aromatic rings. The lowest BCUT2D eigenvalue weighted by atomic mass is 10.1. The van der Waals surface area contributed by atoms with Crippen LogP contribution in [0.2, 0.25) is 0 Å². The summed E-state index contributed by atoms with van der Waals surface area (Å²) in [6.45, 7) is 3.68. The average Bonchev–Trinajstić information content (AvgIpc) is 2.97. The summed E-state index contributed by atoms with van der Waals surface area (Å²) in [5.74, 6) is 1.19. The first-order valence-electron chi connectivity index (χ1n) is 8.69. The van der Waals surface area contributed by atoms with E-state index in [9.17, 15) is 14.9 Å². The molecule has 0 saturated carbocycles. The van der Waals surface area contributed by atoms with Crippen LogP contribution in [0.15, 0.2) is 30.3 Å². The van der Waals surface area contributed by atoms with Gasteiger partial charge >= 0.3 is 5.97 Å². The molecule has 0 radical (unpaired) electrons. The topological polar surface area (TPSA) is 79.2 Å². The van der Waals surface area contributed by atoms with Crippen LogP contribution in [0.3, 0.4) is 0 Å². The lowest BCUT2D eigenvalue weighted by Gasteiger charge is -2.04. The van der Waals surface area contributed by atoms with Crippen molar-refractivity contribution in [2.75, 3.05) is 17.7 Å². The lowest BCUT2D eigenvalue weighted by Crippen LogP contribution is -2.11. The van der Waals surface area contributed by atoms with Gasteiger partial charge in [0.1, 0.15) is 15.9 Å². The third-order valence-corrected chi connectivity index (χ3v) is 6.08. The Labute approximate surface area is 167 Å². The van der Waals surface area contributed by atoms with Crippen molar-refractivity contribution in [2.24, 2.45) is 0 Å². The number of carbonyl (C=O) groups excluding carboxylic acids is 2. The van der Waals surface area contributed by atoms with E-state index in [-0.39, 0.29) is 12.5 Å². The van der Waals surface area contributed by atoms with Crippen LogP contribution in [0, 0.1) is 18.3 Å². The van der Waals surface area contributed by atoms with E-state index in [2.05, 4.69) is 23.5 Å². The van der Waals surface area contributed by atoms with E-state index in [1.807, 2.05) is 18.2 Å². The zero-order chi connectivity index (χ0) is 19.6. The van der Waals surface area contributed by atoms with Gasteiger partial charge in [0, 0.05) is 12.2 Å². The highest BCUT2D eigenvalue weighted by Crippen LogP contribution is 2.33. The Hall–Kier alpha value is -2.30. The molecule has 0 fully saturated rings. The Balaban J connectivity index is 1.83. The van der Waals surface area contributed by atoms with Crippen LogP contribution in [0.4, 0.5) is 5.00 Å². The summed E-state index contributed by atoms with van der Waals surface area (Å²) in [7, 11) is 0. The zero-order valence-electron chi connectivity index (χ0n) is 15.4. The number of benzene rings is 1. The molecule has 1 amide bonds. The van der Waals surface area contributed by atoms with Crippen molar-refractivity contribution < 1.29 is 14.3 Å². The summed E-state index contributed by atoms with van der Waals surface area (Å²) in [5.41, 5.74) is 2.15. The van der Waals surface area contributed by atoms with Crippen LogP contribution in [-0.2, 0) is 15.3 Å². The van der Waals surface area contributed by atoms with Gasteiger partial charge in [-0.1, -0.05) is 30.3 Å². The number of carbonyl (C=O) groups is 2. The Morgan fingerprint density at radius 2 is 2.04 bits per heavy atom. The number of hydrogen-bond acceptors (Lipinski definition) is 6. The Morgan fingerprint density at radius 1 is 1.30 bits per heavy atom. The molecule has 1 aromatic carbocycles. The maximum atomic E-state index is 12.2. The van der Waals surface area contributed by atoms with Crippen molar-refractivity contribution in [1.29, 1.82) is 5.26 Å². The number of nitrogens with one attached hydrogen (secondary N) is 1. The van der Waals surface area contributed by atoms with E-state index >= 15 is 0 Å². The van der Waals surface area contributed by atoms with Gasteiger partial charge in [-0.3, -0.25) is 4.79 Å². The fraction of sp³-hybridized carbons (Fsp3) is 0.350. The van der Waals surface area contributed by atoms with E-state index in [4.69, 9.17) is 4.74 Å². The smallest absolute Gasteiger partial charge is 0.348 e. The fourth-order valence-electron chi connectivity index (χ4n) is 2.42. The molecule has 1 N–H and O–H groups in total. The number of ether oxygens (including phenoxy) is 1. The largest absolute Gasteiger partial charge is 0.462 e. The Bertz CT molecular complexity index is 826. The molecule has 142 valence electrons. The first-order valence-corrected chi connectivity index (χ1v) is 10.7. The maximum absolute atomic E-state index is 12.2. The number of nitriles is 1. The van der Waals surface area contributed by atoms with Crippen LogP contribution in [-0.4, -0.2) is 24.2 Å². The second kappa shape index (κ2) is 10.8. The molecular formula is C20H22N2O3S2. The van der Waals surface area contributed by atoms with E-state index in [1.165, 1.54) is 5.56 Å². The van der Waals surface area contributed by atoms with Crippen LogP contribution in [0.25, 0.3) is 0 Å². The van der Waals surface area contributed by atoms with Crippen molar-refractivity contribution in [2.45, 2.75) is 32.4 Å². The monoisotopic (exact) mass is 402 g/mol. The van der Waals surface area contributed by atoms with Crippen LogP contribution in [0.5, 0.6) is 0 Å². The van der Waals surface area contributed by atoms with E-state index in [0.717, 1.165) is 29.3 Å². The number of esters is 1. The minimum Gasteiger partial charge on any atom is -0.462 e. The quantitative estimate of drug-likeness (QED) is 0.483. The summed E-state index contributed by atoms with van der Waals surface area (Å²) in [5, 5.41) is 12.5. The molecule has 27 heavy (non-hydrogen) atoms. The molecule has 0 atom stereocenters. The molecule has 2 rings (SSSR count). The Kier molecular flexibility index (Phi) is 8.37. The number of thioether (sulfide) groups is 1. The summed E-state index contributed by atoms with van der Waals surface area (Å²) in [4.78, 5) is 24.5. The summed E-state index contributed by atoms with van der Waals surface area (Å²) in [6.07, 6.45) is 1.12.